The third kappa shape index (κ3) is 4.55. The third-order valence-electron chi connectivity index (χ3n) is 5.81. The number of hydrogen-bond acceptors (Lipinski definition) is 5. The summed E-state index contributed by atoms with van der Waals surface area (Å²) in [6.45, 7) is 5.14. The summed E-state index contributed by atoms with van der Waals surface area (Å²) in [7, 11) is -3.75. The third-order valence-corrected chi connectivity index (χ3v) is 7.73. The average Bonchev–Trinajstić information content (AvgIpc) is 2.79. The molecule has 2 heterocycles. The average molecular weight is 445 g/mol. The summed E-state index contributed by atoms with van der Waals surface area (Å²) >= 11 is 0. The summed E-state index contributed by atoms with van der Waals surface area (Å²) in [4.78, 5) is 13.4. The predicted octanol–water partition coefficient (Wildman–Crippen LogP) is 3.19. The number of carbonyl (C=O) groups is 1. The van der Waals surface area contributed by atoms with Crippen molar-refractivity contribution in [3.8, 4) is 11.5 Å². The lowest BCUT2D eigenvalue weighted by molar-refractivity contribution is -0.126. The molecule has 2 aromatic rings. The van der Waals surface area contributed by atoms with Crippen LogP contribution in [0.2, 0.25) is 0 Å². The number of nitrogens with zero attached hydrogens (tertiary/aromatic N) is 1. The van der Waals surface area contributed by atoms with Crippen molar-refractivity contribution in [3.63, 3.8) is 0 Å². The minimum atomic E-state index is -3.75. The molecule has 0 bridgehead atoms. The molecule has 2 aromatic carbocycles. The molecule has 2 atom stereocenters. The maximum absolute atomic E-state index is 13.2. The van der Waals surface area contributed by atoms with Crippen LogP contribution in [-0.4, -0.2) is 44.4 Å². The van der Waals surface area contributed by atoms with E-state index < -0.39 is 16.1 Å². The van der Waals surface area contributed by atoms with Crippen LogP contribution in [0.25, 0.3) is 0 Å². The van der Waals surface area contributed by atoms with E-state index in [1.807, 2.05) is 32.0 Å². The zero-order valence-electron chi connectivity index (χ0n) is 17.8. The summed E-state index contributed by atoms with van der Waals surface area (Å²) < 4.78 is 39.0. The molecule has 0 saturated carbocycles. The van der Waals surface area contributed by atoms with Crippen molar-refractivity contribution in [2.45, 2.75) is 50.1 Å². The fourth-order valence-corrected chi connectivity index (χ4v) is 5.68. The highest BCUT2D eigenvalue weighted by Gasteiger charge is 2.38. The molecule has 1 saturated heterocycles. The Morgan fingerprint density at radius 2 is 1.77 bits per heavy atom. The maximum atomic E-state index is 13.2. The van der Waals surface area contributed by atoms with E-state index in [9.17, 15) is 13.2 Å². The van der Waals surface area contributed by atoms with Gasteiger partial charge in [0, 0.05) is 6.54 Å². The first-order valence-corrected chi connectivity index (χ1v) is 12.1. The summed E-state index contributed by atoms with van der Waals surface area (Å²) in [5, 5.41) is 2.99. The first kappa shape index (κ1) is 21.6. The van der Waals surface area contributed by atoms with Gasteiger partial charge in [-0.3, -0.25) is 4.79 Å². The van der Waals surface area contributed by atoms with Gasteiger partial charge in [-0.25, -0.2) is 8.42 Å². The van der Waals surface area contributed by atoms with Crippen molar-refractivity contribution >= 4 is 15.9 Å². The van der Waals surface area contributed by atoms with Gasteiger partial charge in [0.1, 0.15) is 19.3 Å². The van der Waals surface area contributed by atoms with E-state index >= 15 is 0 Å². The molecule has 2 aliphatic heterocycles. The van der Waals surface area contributed by atoms with Gasteiger partial charge < -0.3 is 14.8 Å². The zero-order chi connectivity index (χ0) is 22.0. The molecule has 1 N–H and O–H groups in total. The van der Waals surface area contributed by atoms with Gasteiger partial charge in [0.15, 0.2) is 11.5 Å². The Morgan fingerprint density at radius 3 is 2.52 bits per heavy atom. The number of benzene rings is 2. The van der Waals surface area contributed by atoms with Gasteiger partial charge in [-0.15, -0.1) is 0 Å². The van der Waals surface area contributed by atoms with Gasteiger partial charge in [0.25, 0.3) is 0 Å². The Kier molecular flexibility index (Phi) is 6.20. The minimum Gasteiger partial charge on any atom is -0.486 e. The van der Waals surface area contributed by atoms with Crippen LogP contribution in [0.1, 0.15) is 43.4 Å². The van der Waals surface area contributed by atoms with E-state index in [2.05, 4.69) is 5.32 Å². The van der Waals surface area contributed by atoms with Crippen molar-refractivity contribution < 1.29 is 22.7 Å². The summed E-state index contributed by atoms with van der Waals surface area (Å²) in [6, 6.07) is 11.3. The minimum absolute atomic E-state index is 0.220. The number of fused-ring (bicyclic) bond motifs is 1. The van der Waals surface area contributed by atoms with Crippen LogP contribution in [0.5, 0.6) is 11.5 Å². The molecule has 8 heteroatoms. The van der Waals surface area contributed by atoms with Gasteiger partial charge in [-0.05, 0) is 56.5 Å². The number of hydrogen-bond donors (Lipinski definition) is 1. The summed E-state index contributed by atoms with van der Waals surface area (Å²) in [5.41, 5.74) is 1.86. The molecule has 0 aliphatic carbocycles. The molecule has 31 heavy (non-hydrogen) atoms. The fourth-order valence-electron chi connectivity index (χ4n) is 4.02. The predicted molar refractivity (Wildman–Crippen MR) is 117 cm³/mol. The first-order chi connectivity index (χ1) is 14.9. The molecule has 1 fully saturated rings. The maximum Gasteiger partial charge on any atom is 0.243 e. The van der Waals surface area contributed by atoms with Gasteiger partial charge in [0.2, 0.25) is 15.9 Å². The Bertz CT molecular complexity index is 1050. The first-order valence-electron chi connectivity index (χ1n) is 10.6. The smallest absolute Gasteiger partial charge is 0.243 e. The molecule has 0 unspecified atom stereocenters. The number of aryl methyl sites for hydroxylation is 1. The van der Waals surface area contributed by atoms with Crippen molar-refractivity contribution in [1.82, 2.24) is 9.62 Å². The Hall–Kier alpha value is -2.58. The lowest BCUT2D eigenvalue weighted by Gasteiger charge is -2.34. The molecule has 2 aliphatic rings. The molecule has 0 spiro atoms. The van der Waals surface area contributed by atoms with Crippen LogP contribution < -0.4 is 14.8 Å². The largest absolute Gasteiger partial charge is 0.486 e. The Balaban J connectivity index is 1.51. The Morgan fingerprint density at radius 1 is 1.06 bits per heavy atom. The van der Waals surface area contributed by atoms with E-state index in [-0.39, 0.29) is 16.8 Å². The van der Waals surface area contributed by atoms with E-state index in [0.29, 0.717) is 37.7 Å². The van der Waals surface area contributed by atoms with E-state index in [1.165, 1.54) is 4.31 Å². The summed E-state index contributed by atoms with van der Waals surface area (Å²) in [5.74, 6) is 1.07. The lowest BCUT2D eigenvalue weighted by Crippen LogP contribution is -2.52. The second kappa shape index (κ2) is 8.88. The molecular formula is C23H28N2O5S. The van der Waals surface area contributed by atoms with Crippen LogP contribution in [-0.2, 0) is 14.8 Å². The number of amides is 1. The molecule has 166 valence electrons. The number of ether oxygens (including phenoxy) is 2. The van der Waals surface area contributed by atoms with E-state index in [4.69, 9.17) is 9.47 Å². The van der Waals surface area contributed by atoms with Gasteiger partial charge in [-0.1, -0.05) is 30.2 Å². The van der Waals surface area contributed by atoms with Crippen LogP contribution in [0, 0.1) is 6.92 Å². The number of rotatable bonds is 5. The normalized spacial score (nSPS) is 20.1. The SMILES string of the molecule is Cc1ccc(S(=O)(=O)N2CCCC[C@@H]2C(=O)N[C@@H](C)c2ccc3c(c2)OCCO3)cc1. The number of nitrogens with one attached hydrogen (secondary N) is 1. The highest BCUT2D eigenvalue weighted by Crippen LogP contribution is 2.33. The second-order valence-corrected chi connectivity index (χ2v) is 9.96. The highest BCUT2D eigenvalue weighted by atomic mass is 32.2. The molecule has 1 amide bonds. The zero-order valence-corrected chi connectivity index (χ0v) is 18.7. The molecular weight excluding hydrogens is 416 g/mol. The molecule has 7 nitrogen and oxygen atoms in total. The van der Waals surface area contributed by atoms with Gasteiger partial charge in [0.05, 0.1) is 10.9 Å². The van der Waals surface area contributed by atoms with Crippen LogP contribution in [0.4, 0.5) is 0 Å². The number of piperidine rings is 1. The van der Waals surface area contributed by atoms with Crippen molar-refractivity contribution in [2.24, 2.45) is 0 Å². The van der Waals surface area contributed by atoms with Crippen molar-refractivity contribution in [1.29, 1.82) is 0 Å². The van der Waals surface area contributed by atoms with Crippen molar-refractivity contribution in [2.75, 3.05) is 19.8 Å². The monoisotopic (exact) mass is 444 g/mol. The fraction of sp³-hybridized carbons (Fsp3) is 0.435. The number of carbonyl (C=O) groups excluding carboxylic acids is 1. The molecule has 4 rings (SSSR count). The van der Waals surface area contributed by atoms with Gasteiger partial charge >= 0.3 is 0 Å². The standard InChI is InChI=1S/C23H28N2O5S/c1-16-6-9-19(10-7-16)31(27,28)25-12-4-3-5-20(25)23(26)24-17(2)18-8-11-21-22(15-18)30-14-13-29-21/h6-11,15,17,20H,3-5,12-14H2,1-2H3,(H,24,26)/t17-,20+/m0/s1. The Labute approximate surface area is 183 Å². The molecule has 0 radical (unpaired) electrons. The van der Waals surface area contributed by atoms with E-state index in [1.54, 1.807) is 24.3 Å². The quantitative estimate of drug-likeness (QED) is 0.766. The second-order valence-electron chi connectivity index (χ2n) is 8.07. The van der Waals surface area contributed by atoms with Crippen LogP contribution in [0.3, 0.4) is 0 Å². The summed E-state index contributed by atoms with van der Waals surface area (Å²) in [6.07, 6.45) is 2.06. The lowest BCUT2D eigenvalue weighted by atomic mass is 10.0. The van der Waals surface area contributed by atoms with Crippen LogP contribution in [0.15, 0.2) is 47.4 Å². The van der Waals surface area contributed by atoms with E-state index in [0.717, 1.165) is 24.0 Å². The van der Waals surface area contributed by atoms with Gasteiger partial charge in [-0.2, -0.15) is 4.31 Å². The topological polar surface area (TPSA) is 84.9 Å². The number of sulfonamides is 1. The van der Waals surface area contributed by atoms with Crippen LogP contribution >= 0.6 is 0 Å². The van der Waals surface area contributed by atoms with Crippen molar-refractivity contribution in [3.05, 3.63) is 53.6 Å². The molecule has 0 aromatic heterocycles. The highest BCUT2D eigenvalue weighted by molar-refractivity contribution is 7.89.